The molecule has 0 radical (unpaired) electrons. The van der Waals surface area contributed by atoms with Crippen LogP contribution in [0.25, 0.3) is 0 Å². The van der Waals surface area contributed by atoms with Gasteiger partial charge in [-0.15, -0.1) is 0 Å². The van der Waals surface area contributed by atoms with Gasteiger partial charge in [-0.2, -0.15) is 0 Å². The van der Waals surface area contributed by atoms with Gasteiger partial charge in [-0.1, -0.05) is 18.2 Å². The number of likely N-dealkylation sites (tertiary alicyclic amines) is 1. The van der Waals surface area contributed by atoms with Gasteiger partial charge in [-0.05, 0) is 37.3 Å². The first-order valence-electron chi connectivity index (χ1n) is 11.2. The number of carbonyl (C=O) groups is 1. The minimum Gasteiger partial charge on any atom is -0.346 e. The van der Waals surface area contributed by atoms with E-state index in [2.05, 4.69) is 37.7 Å². The lowest BCUT2D eigenvalue weighted by atomic mass is 9.91. The minimum absolute atomic E-state index is 0.0370. The lowest BCUT2D eigenvalue weighted by Crippen LogP contribution is -2.67. The number of halogens is 1. The van der Waals surface area contributed by atoms with Crippen molar-refractivity contribution in [2.75, 3.05) is 24.5 Å². The Morgan fingerprint density at radius 1 is 1.06 bits per heavy atom. The van der Waals surface area contributed by atoms with Crippen LogP contribution >= 0.6 is 0 Å². The van der Waals surface area contributed by atoms with E-state index in [1.165, 1.54) is 6.07 Å². The van der Waals surface area contributed by atoms with Crippen LogP contribution in [-0.4, -0.2) is 45.7 Å². The van der Waals surface area contributed by atoms with E-state index in [0.29, 0.717) is 17.7 Å². The molecule has 166 valence electrons. The average Bonchev–Trinajstić information content (AvgIpc) is 3.24. The lowest BCUT2D eigenvalue weighted by molar-refractivity contribution is 0.0759. The molecular weight excluding hydrogens is 405 g/mol. The Hall–Kier alpha value is -3.19. The average molecular weight is 434 g/mol. The van der Waals surface area contributed by atoms with Crippen LogP contribution in [0.1, 0.15) is 41.4 Å². The van der Waals surface area contributed by atoms with E-state index in [1.807, 2.05) is 36.5 Å². The standard InChI is InChI=1S/C25H28FN5O/c1-2-31-23-21(9-5-13-27-23)24(32)28-25(31)11-15-29(16-12-25)18-20-8-6-14-30(20)17-19-7-3-4-10-22(19)26/h3-10,13-14H,2,11-12,15-18H2,1H3,(H,28,32). The van der Waals surface area contributed by atoms with Crippen LogP contribution in [0.2, 0.25) is 0 Å². The second kappa shape index (κ2) is 8.39. The highest BCUT2D eigenvalue weighted by atomic mass is 19.1. The molecule has 2 aliphatic rings. The summed E-state index contributed by atoms with van der Waals surface area (Å²) in [6.45, 7) is 5.95. The number of pyridine rings is 1. The van der Waals surface area contributed by atoms with Gasteiger partial charge in [0.05, 0.1) is 12.1 Å². The van der Waals surface area contributed by atoms with Crippen molar-refractivity contribution >= 4 is 11.7 Å². The Morgan fingerprint density at radius 2 is 1.88 bits per heavy atom. The third-order valence-electron chi connectivity index (χ3n) is 6.76. The van der Waals surface area contributed by atoms with Gasteiger partial charge in [0.2, 0.25) is 0 Å². The summed E-state index contributed by atoms with van der Waals surface area (Å²) in [6.07, 6.45) is 5.43. The van der Waals surface area contributed by atoms with Crippen LogP contribution in [-0.2, 0) is 13.1 Å². The summed E-state index contributed by atoms with van der Waals surface area (Å²) < 4.78 is 16.2. The SMILES string of the molecule is CCN1c2ncccc2C(=O)NC12CCN(Cc1cccn1Cc1ccccc1F)CC2. The fraction of sp³-hybridized carbons (Fsp3) is 0.360. The van der Waals surface area contributed by atoms with Crippen molar-refractivity contribution in [2.45, 2.75) is 38.5 Å². The molecule has 7 heteroatoms. The van der Waals surface area contributed by atoms with Crippen molar-refractivity contribution in [2.24, 2.45) is 0 Å². The van der Waals surface area contributed by atoms with Gasteiger partial charge in [0, 0.05) is 62.7 Å². The second-order valence-electron chi connectivity index (χ2n) is 8.60. The molecule has 1 amide bonds. The van der Waals surface area contributed by atoms with E-state index in [1.54, 1.807) is 12.3 Å². The number of piperidine rings is 1. The number of hydrogen-bond donors (Lipinski definition) is 1. The first kappa shape index (κ1) is 20.7. The molecule has 0 atom stereocenters. The van der Waals surface area contributed by atoms with Crippen molar-refractivity contribution in [3.63, 3.8) is 0 Å². The smallest absolute Gasteiger partial charge is 0.256 e. The molecule has 0 aliphatic carbocycles. The van der Waals surface area contributed by atoms with E-state index in [9.17, 15) is 9.18 Å². The molecule has 0 unspecified atom stereocenters. The summed E-state index contributed by atoms with van der Waals surface area (Å²) in [5, 5.41) is 3.29. The lowest BCUT2D eigenvalue weighted by Gasteiger charge is -2.52. The number of hydrogen-bond acceptors (Lipinski definition) is 4. The molecule has 1 spiro atoms. The maximum atomic E-state index is 14.1. The van der Waals surface area contributed by atoms with Crippen molar-refractivity contribution in [1.82, 2.24) is 19.8 Å². The van der Waals surface area contributed by atoms with E-state index < -0.39 is 5.66 Å². The van der Waals surface area contributed by atoms with Crippen LogP contribution in [0.4, 0.5) is 10.2 Å². The summed E-state index contributed by atoms with van der Waals surface area (Å²) in [7, 11) is 0. The zero-order valence-electron chi connectivity index (χ0n) is 18.3. The summed E-state index contributed by atoms with van der Waals surface area (Å²) in [5.74, 6) is 0.574. The third kappa shape index (κ3) is 3.66. The Labute approximate surface area is 187 Å². The highest BCUT2D eigenvalue weighted by molar-refractivity contribution is 6.01. The number of benzene rings is 1. The molecule has 32 heavy (non-hydrogen) atoms. The summed E-state index contributed by atoms with van der Waals surface area (Å²) in [5.41, 5.74) is 2.11. The van der Waals surface area contributed by atoms with E-state index in [-0.39, 0.29) is 11.7 Å². The molecule has 2 aromatic heterocycles. The minimum atomic E-state index is -0.390. The maximum absolute atomic E-state index is 14.1. The highest BCUT2D eigenvalue weighted by Gasteiger charge is 2.45. The van der Waals surface area contributed by atoms with Crippen molar-refractivity contribution in [1.29, 1.82) is 0 Å². The number of anilines is 1. The van der Waals surface area contributed by atoms with Crippen molar-refractivity contribution in [3.05, 3.63) is 83.6 Å². The molecule has 0 saturated carbocycles. The van der Waals surface area contributed by atoms with Gasteiger partial charge in [0.1, 0.15) is 17.3 Å². The molecule has 6 nitrogen and oxygen atoms in total. The number of fused-ring (bicyclic) bond motifs is 1. The molecule has 4 heterocycles. The van der Waals surface area contributed by atoms with Gasteiger partial charge < -0.3 is 14.8 Å². The second-order valence-corrected chi connectivity index (χ2v) is 8.60. The monoisotopic (exact) mass is 433 g/mol. The van der Waals surface area contributed by atoms with Gasteiger partial charge in [0.15, 0.2) is 0 Å². The zero-order chi connectivity index (χ0) is 22.1. The molecule has 1 saturated heterocycles. The van der Waals surface area contributed by atoms with Gasteiger partial charge in [-0.25, -0.2) is 9.37 Å². The molecular formula is C25H28FN5O. The van der Waals surface area contributed by atoms with Gasteiger partial charge in [-0.3, -0.25) is 9.69 Å². The van der Waals surface area contributed by atoms with Gasteiger partial charge in [0.25, 0.3) is 5.91 Å². The van der Waals surface area contributed by atoms with E-state index in [4.69, 9.17) is 0 Å². The first-order valence-corrected chi connectivity index (χ1v) is 11.2. The van der Waals surface area contributed by atoms with E-state index in [0.717, 1.165) is 50.5 Å². The Kier molecular flexibility index (Phi) is 5.43. The quantitative estimate of drug-likeness (QED) is 0.668. The third-order valence-corrected chi connectivity index (χ3v) is 6.76. The normalized spacial score (nSPS) is 17.9. The molecule has 1 N–H and O–H groups in total. The summed E-state index contributed by atoms with van der Waals surface area (Å²) in [6, 6.07) is 14.7. The van der Waals surface area contributed by atoms with Crippen LogP contribution in [0.5, 0.6) is 0 Å². The van der Waals surface area contributed by atoms with Crippen LogP contribution in [0.15, 0.2) is 60.9 Å². The van der Waals surface area contributed by atoms with Gasteiger partial charge >= 0.3 is 0 Å². The zero-order valence-corrected chi connectivity index (χ0v) is 18.3. The molecule has 1 fully saturated rings. The number of nitrogens with one attached hydrogen (secondary N) is 1. The fourth-order valence-electron chi connectivity index (χ4n) is 5.05. The van der Waals surface area contributed by atoms with Crippen LogP contribution in [0.3, 0.4) is 0 Å². The topological polar surface area (TPSA) is 53.4 Å². The number of aromatic nitrogens is 2. The number of carbonyl (C=O) groups excluding carboxylic acids is 1. The maximum Gasteiger partial charge on any atom is 0.256 e. The predicted molar refractivity (Wildman–Crippen MR) is 122 cm³/mol. The Bertz CT molecular complexity index is 1120. The highest BCUT2D eigenvalue weighted by Crippen LogP contribution is 2.36. The van der Waals surface area contributed by atoms with Crippen LogP contribution < -0.4 is 10.2 Å². The fourth-order valence-corrected chi connectivity index (χ4v) is 5.05. The predicted octanol–water partition coefficient (Wildman–Crippen LogP) is 3.63. The van der Waals surface area contributed by atoms with E-state index >= 15 is 0 Å². The number of nitrogens with zero attached hydrogens (tertiary/aromatic N) is 4. The number of amides is 1. The first-order chi connectivity index (χ1) is 15.6. The summed E-state index contributed by atoms with van der Waals surface area (Å²) in [4.78, 5) is 22.0. The molecule has 5 rings (SSSR count). The molecule has 1 aromatic carbocycles. The molecule has 3 aromatic rings. The Morgan fingerprint density at radius 3 is 2.66 bits per heavy atom. The van der Waals surface area contributed by atoms with Crippen molar-refractivity contribution in [3.8, 4) is 0 Å². The largest absolute Gasteiger partial charge is 0.346 e. The van der Waals surface area contributed by atoms with Crippen LogP contribution in [0, 0.1) is 5.82 Å². The summed E-state index contributed by atoms with van der Waals surface area (Å²) >= 11 is 0. The Balaban J connectivity index is 1.29. The molecule has 2 aliphatic heterocycles. The molecule has 0 bridgehead atoms. The number of rotatable bonds is 5. The van der Waals surface area contributed by atoms with Crippen molar-refractivity contribution < 1.29 is 9.18 Å².